The SMILES string of the molecule is c1ccc(-c2ccc(-n3c4ccc(N(c5ccccc5)c5ccc6c(c5)c5ccccc5n6-c5ccccc5)cc4c4cc(N(c5ccccc5)c5ccc6c(c5)c5ccccc5n6-c5ccccc5)ccc43)cc2)cc1. The van der Waals surface area contributed by atoms with Crippen LogP contribution in [0.1, 0.15) is 0 Å². The highest BCUT2D eigenvalue weighted by atomic mass is 15.2. The van der Waals surface area contributed by atoms with Crippen molar-refractivity contribution in [1.82, 2.24) is 13.7 Å². The van der Waals surface area contributed by atoms with Gasteiger partial charge in [0.15, 0.2) is 0 Å². The lowest BCUT2D eigenvalue weighted by molar-refractivity contribution is 1.18. The molecule has 0 amide bonds. The van der Waals surface area contributed by atoms with E-state index in [1.54, 1.807) is 0 Å². The fourth-order valence-corrected chi connectivity index (χ4v) is 11.9. The Morgan fingerprint density at radius 2 is 0.455 bits per heavy atom. The van der Waals surface area contributed by atoms with E-state index in [1.165, 1.54) is 54.7 Å². The summed E-state index contributed by atoms with van der Waals surface area (Å²) in [5, 5.41) is 7.15. The molecule has 0 saturated heterocycles. The first kappa shape index (κ1) is 44.2. The van der Waals surface area contributed by atoms with Gasteiger partial charge in [0.2, 0.25) is 0 Å². The lowest BCUT2D eigenvalue weighted by Gasteiger charge is -2.26. The van der Waals surface area contributed by atoms with Crippen molar-refractivity contribution >= 4 is 99.5 Å². The molecular weight excluding hydrogens is 935 g/mol. The van der Waals surface area contributed by atoms with Crippen LogP contribution in [0.15, 0.2) is 297 Å². The first-order valence-electron chi connectivity index (χ1n) is 26.3. The Morgan fingerprint density at radius 1 is 0.182 bits per heavy atom. The van der Waals surface area contributed by atoms with Gasteiger partial charge >= 0.3 is 0 Å². The van der Waals surface area contributed by atoms with Gasteiger partial charge in [0.25, 0.3) is 0 Å². The van der Waals surface area contributed by atoms with E-state index in [0.29, 0.717) is 0 Å². The van der Waals surface area contributed by atoms with Gasteiger partial charge in [0.1, 0.15) is 0 Å². The standard InChI is InChI=1S/C72H49N5/c1-6-20-50(21-7-1)51-34-36-56(37-35-51)77-71-44-40-59(73(52-22-8-2-9-23-52)57-38-42-69-63(46-57)61-30-16-18-32-67(61)75(69)54-26-12-4-13-27-54)48-65(71)66-49-60(41-45-72(66)77)74(53-24-10-3-11-25-53)58-39-43-70-64(47-58)62-31-17-19-33-68(62)76(70)55-28-14-5-15-29-55/h1-49H. The van der Waals surface area contributed by atoms with Crippen LogP contribution in [0, 0.1) is 0 Å². The highest BCUT2D eigenvalue weighted by molar-refractivity contribution is 6.14. The predicted molar refractivity (Wildman–Crippen MR) is 324 cm³/mol. The van der Waals surface area contributed by atoms with Crippen LogP contribution in [0.3, 0.4) is 0 Å². The lowest BCUT2D eigenvalue weighted by Crippen LogP contribution is -2.10. The van der Waals surface area contributed by atoms with E-state index in [4.69, 9.17) is 0 Å². The zero-order chi connectivity index (χ0) is 50.8. The Labute approximate surface area is 446 Å². The fraction of sp³-hybridized carbons (Fsp3) is 0. The largest absolute Gasteiger partial charge is 0.310 e. The average molecular weight is 984 g/mol. The van der Waals surface area contributed by atoms with E-state index < -0.39 is 0 Å². The quantitative estimate of drug-likeness (QED) is 0.136. The third kappa shape index (κ3) is 7.39. The number of para-hydroxylation sites is 6. The van der Waals surface area contributed by atoms with Gasteiger partial charge in [0.05, 0.1) is 33.1 Å². The summed E-state index contributed by atoms with van der Waals surface area (Å²) in [7, 11) is 0. The first-order chi connectivity index (χ1) is 38.2. The van der Waals surface area contributed by atoms with Crippen LogP contribution in [-0.2, 0) is 0 Å². The minimum atomic E-state index is 1.07. The van der Waals surface area contributed by atoms with E-state index in [2.05, 4.69) is 321 Å². The topological polar surface area (TPSA) is 21.3 Å². The molecule has 12 aromatic carbocycles. The van der Waals surface area contributed by atoms with Crippen molar-refractivity contribution in [3.05, 3.63) is 297 Å². The van der Waals surface area contributed by atoms with Crippen molar-refractivity contribution in [2.24, 2.45) is 0 Å². The summed E-state index contributed by atoms with van der Waals surface area (Å²) in [5.74, 6) is 0. The number of nitrogens with zero attached hydrogens (tertiary/aromatic N) is 5. The van der Waals surface area contributed by atoms with Crippen LogP contribution in [0.5, 0.6) is 0 Å². The van der Waals surface area contributed by atoms with Crippen LogP contribution >= 0.6 is 0 Å². The van der Waals surface area contributed by atoms with E-state index in [0.717, 1.165) is 73.0 Å². The van der Waals surface area contributed by atoms with E-state index in [1.807, 2.05) is 0 Å². The number of hydrogen-bond donors (Lipinski definition) is 0. The van der Waals surface area contributed by atoms with Crippen molar-refractivity contribution in [3.63, 3.8) is 0 Å². The van der Waals surface area contributed by atoms with Gasteiger partial charge in [-0.3, -0.25) is 0 Å². The molecule has 0 atom stereocenters. The molecule has 15 rings (SSSR count). The van der Waals surface area contributed by atoms with E-state index in [9.17, 15) is 0 Å². The van der Waals surface area contributed by atoms with E-state index >= 15 is 0 Å². The minimum Gasteiger partial charge on any atom is -0.310 e. The molecule has 5 nitrogen and oxygen atoms in total. The third-order valence-electron chi connectivity index (χ3n) is 15.4. The Kier molecular flexibility index (Phi) is 10.5. The molecule has 3 aromatic heterocycles. The molecular formula is C72H49N5. The van der Waals surface area contributed by atoms with Gasteiger partial charge in [0, 0.05) is 83.5 Å². The van der Waals surface area contributed by atoms with Gasteiger partial charge in [-0.15, -0.1) is 0 Å². The molecule has 0 bridgehead atoms. The summed E-state index contributed by atoms with van der Waals surface area (Å²) in [4.78, 5) is 4.82. The van der Waals surface area contributed by atoms with Gasteiger partial charge < -0.3 is 23.5 Å². The molecule has 0 unspecified atom stereocenters. The Morgan fingerprint density at radius 3 is 0.831 bits per heavy atom. The van der Waals surface area contributed by atoms with Gasteiger partial charge in [-0.1, -0.05) is 152 Å². The number of rotatable bonds is 10. The summed E-state index contributed by atoms with van der Waals surface area (Å²) in [6.07, 6.45) is 0. The molecule has 0 aliphatic rings. The molecule has 0 N–H and O–H groups in total. The van der Waals surface area contributed by atoms with Crippen LogP contribution in [0.2, 0.25) is 0 Å². The monoisotopic (exact) mass is 983 g/mol. The van der Waals surface area contributed by atoms with Crippen LogP contribution < -0.4 is 9.80 Å². The fourth-order valence-electron chi connectivity index (χ4n) is 11.9. The molecule has 362 valence electrons. The van der Waals surface area contributed by atoms with Gasteiger partial charge in [-0.25, -0.2) is 0 Å². The van der Waals surface area contributed by atoms with Crippen molar-refractivity contribution < 1.29 is 0 Å². The van der Waals surface area contributed by atoms with Crippen LogP contribution in [0.4, 0.5) is 34.1 Å². The number of aromatic nitrogens is 3. The molecule has 0 spiro atoms. The van der Waals surface area contributed by atoms with Crippen molar-refractivity contribution in [2.75, 3.05) is 9.80 Å². The number of fused-ring (bicyclic) bond motifs is 9. The lowest BCUT2D eigenvalue weighted by atomic mass is 10.1. The zero-order valence-corrected chi connectivity index (χ0v) is 42.0. The highest BCUT2D eigenvalue weighted by Gasteiger charge is 2.23. The van der Waals surface area contributed by atoms with Crippen molar-refractivity contribution in [3.8, 4) is 28.2 Å². The third-order valence-corrected chi connectivity index (χ3v) is 15.4. The molecule has 0 aliphatic heterocycles. The highest BCUT2D eigenvalue weighted by Crippen LogP contribution is 2.45. The number of hydrogen-bond acceptors (Lipinski definition) is 2. The normalized spacial score (nSPS) is 11.6. The molecule has 15 aromatic rings. The predicted octanol–water partition coefficient (Wildman–Crippen LogP) is 19.6. The van der Waals surface area contributed by atoms with Crippen molar-refractivity contribution in [2.45, 2.75) is 0 Å². The Hall–Kier alpha value is -10.4. The van der Waals surface area contributed by atoms with Crippen molar-refractivity contribution in [1.29, 1.82) is 0 Å². The average Bonchev–Trinajstić information content (AvgIpc) is 4.24. The molecule has 0 saturated carbocycles. The molecule has 0 fully saturated rings. The van der Waals surface area contributed by atoms with Gasteiger partial charge in [-0.05, 0) is 157 Å². The molecule has 3 heterocycles. The summed E-state index contributed by atoms with van der Waals surface area (Å²) in [6.45, 7) is 0. The van der Waals surface area contributed by atoms with E-state index in [-0.39, 0.29) is 0 Å². The smallest absolute Gasteiger partial charge is 0.0542 e. The second-order valence-electron chi connectivity index (χ2n) is 19.8. The Balaban J connectivity index is 0.943. The molecule has 0 aliphatic carbocycles. The summed E-state index contributed by atoms with van der Waals surface area (Å²) in [5.41, 5.74) is 19.2. The maximum Gasteiger partial charge on any atom is 0.0542 e. The summed E-state index contributed by atoms with van der Waals surface area (Å²) >= 11 is 0. The van der Waals surface area contributed by atoms with Crippen LogP contribution in [-0.4, -0.2) is 13.7 Å². The van der Waals surface area contributed by atoms with Crippen LogP contribution in [0.25, 0.3) is 93.6 Å². The second-order valence-corrected chi connectivity index (χ2v) is 19.8. The minimum absolute atomic E-state index is 1.07. The molecule has 77 heavy (non-hydrogen) atoms. The Bertz CT molecular complexity index is 4400. The number of benzene rings is 12. The first-order valence-corrected chi connectivity index (χ1v) is 26.3. The second kappa shape index (κ2) is 18.2. The maximum absolute atomic E-state index is 2.43. The molecule has 5 heteroatoms. The summed E-state index contributed by atoms with van der Waals surface area (Å²) in [6, 6.07) is 108. The summed E-state index contributed by atoms with van der Waals surface area (Å²) < 4.78 is 7.19. The molecule has 0 radical (unpaired) electrons. The van der Waals surface area contributed by atoms with Gasteiger partial charge in [-0.2, -0.15) is 0 Å². The zero-order valence-electron chi connectivity index (χ0n) is 42.0. The number of anilines is 6. The maximum atomic E-state index is 2.43.